The molecule has 1 unspecified atom stereocenters. The largest absolute Gasteiger partial charge is 0.481 e. The number of carbonyl (C=O) groups excluding carboxylic acids is 5. The number of rotatable bonds is 19. The zero-order valence-electron chi connectivity index (χ0n) is 27.3. The van der Waals surface area contributed by atoms with E-state index < -0.39 is 117 Å². The molecular formula is C29H49N5O13. The lowest BCUT2D eigenvalue weighted by molar-refractivity contribution is -0.269. The van der Waals surface area contributed by atoms with Gasteiger partial charge in [0.15, 0.2) is 6.29 Å². The predicted molar refractivity (Wildman–Crippen MR) is 163 cm³/mol. The van der Waals surface area contributed by atoms with E-state index in [1.54, 1.807) is 0 Å². The van der Waals surface area contributed by atoms with Crippen LogP contribution in [0.25, 0.3) is 0 Å². The third-order valence-corrected chi connectivity index (χ3v) is 7.11. The fourth-order valence-electron chi connectivity index (χ4n) is 4.82. The Labute approximate surface area is 272 Å². The number of amides is 4. The molecule has 0 aromatic rings. The first-order chi connectivity index (χ1) is 21.8. The van der Waals surface area contributed by atoms with E-state index in [0.29, 0.717) is 0 Å². The molecule has 0 saturated carbocycles. The number of carbonyl (C=O) groups is 6. The molecule has 1 aliphatic heterocycles. The predicted octanol–water partition coefficient (Wildman–Crippen LogP) is -3.14. The zero-order valence-corrected chi connectivity index (χ0v) is 27.3. The van der Waals surface area contributed by atoms with Crippen LogP contribution in [0.1, 0.15) is 53.9 Å². The number of carboxylic acids is 1. The number of aliphatic hydroxyl groups is 3. The van der Waals surface area contributed by atoms with E-state index in [0.717, 1.165) is 11.8 Å². The second kappa shape index (κ2) is 19.2. The number of esters is 1. The molecule has 0 radical (unpaired) electrons. The molecular weight excluding hydrogens is 626 g/mol. The topological polar surface area (TPSA) is 290 Å². The maximum absolute atomic E-state index is 13.0. The average molecular weight is 676 g/mol. The minimum atomic E-state index is -1.78. The monoisotopic (exact) mass is 675 g/mol. The van der Waals surface area contributed by atoms with Crippen LogP contribution >= 0.6 is 0 Å². The van der Waals surface area contributed by atoms with Crippen molar-refractivity contribution in [3.05, 3.63) is 12.2 Å². The third-order valence-electron chi connectivity index (χ3n) is 7.11. The summed E-state index contributed by atoms with van der Waals surface area (Å²) in [5, 5.41) is 45.5. The van der Waals surface area contributed by atoms with Gasteiger partial charge in [-0.2, -0.15) is 0 Å². The second-order valence-electron chi connectivity index (χ2n) is 11.9. The molecule has 0 aromatic heterocycles. The van der Waals surface area contributed by atoms with Gasteiger partial charge in [-0.05, 0) is 32.6 Å². The van der Waals surface area contributed by atoms with E-state index in [-0.39, 0.29) is 24.3 Å². The van der Waals surface area contributed by atoms with Crippen LogP contribution < -0.4 is 22.1 Å². The molecule has 1 rings (SSSR count). The third kappa shape index (κ3) is 13.2. The highest BCUT2D eigenvalue weighted by Crippen LogP contribution is 2.25. The van der Waals surface area contributed by atoms with E-state index >= 15 is 0 Å². The van der Waals surface area contributed by atoms with Crippen LogP contribution in [0.2, 0.25) is 0 Å². The van der Waals surface area contributed by atoms with E-state index in [1.807, 2.05) is 13.8 Å². The quantitative estimate of drug-likeness (QED) is 0.0496. The van der Waals surface area contributed by atoms with E-state index in [4.69, 9.17) is 30.8 Å². The Balaban J connectivity index is 3.26. The van der Waals surface area contributed by atoms with Crippen LogP contribution in [0, 0.1) is 5.92 Å². The molecule has 0 aliphatic carbocycles. The highest BCUT2D eigenvalue weighted by atomic mass is 16.6. The van der Waals surface area contributed by atoms with Gasteiger partial charge in [0, 0.05) is 25.5 Å². The summed E-state index contributed by atoms with van der Waals surface area (Å²) in [5.74, 6) is -5.32. The van der Waals surface area contributed by atoms with Crippen LogP contribution in [-0.4, -0.2) is 136 Å². The summed E-state index contributed by atoms with van der Waals surface area (Å²) in [7, 11) is 0. The number of nitrogens with two attached hydrogens (primary N) is 2. The summed E-state index contributed by atoms with van der Waals surface area (Å²) in [6, 6.07) is -5.38. The van der Waals surface area contributed by atoms with Crippen molar-refractivity contribution >= 4 is 35.6 Å². The second-order valence-corrected chi connectivity index (χ2v) is 11.9. The van der Waals surface area contributed by atoms with Gasteiger partial charge in [0.05, 0.1) is 12.7 Å². The number of carboxylic acid groups (broad SMARTS) is 1. The summed E-state index contributed by atoms with van der Waals surface area (Å²) < 4.78 is 16.8. The van der Waals surface area contributed by atoms with Gasteiger partial charge in [-0.3, -0.25) is 24.0 Å². The smallest absolute Gasteiger partial charge is 0.328 e. The molecule has 18 heteroatoms. The minimum absolute atomic E-state index is 0.0225. The summed E-state index contributed by atoms with van der Waals surface area (Å²) in [5.41, 5.74) is 11.3. The minimum Gasteiger partial charge on any atom is -0.481 e. The number of ether oxygens (including phenoxy) is 3. The molecule has 1 saturated heterocycles. The van der Waals surface area contributed by atoms with Gasteiger partial charge in [-0.15, -0.1) is 0 Å². The van der Waals surface area contributed by atoms with Gasteiger partial charge in [0.2, 0.25) is 23.6 Å². The van der Waals surface area contributed by atoms with Gasteiger partial charge in [-0.25, -0.2) is 4.79 Å². The van der Waals surface area contributed by atoms with Crippen LogP contribution in [0.15, 0.2) is 12.2 Å². The number of aliphatic carboxylic acids is 1. The molecule has 1 heterocycles. The maximum Gasteiger partial charge on any atom is 0.328 e. The summed E-state index contributed by atoms with van der Waals surface area (Å²) in [6.45, 7) is 9.35. The first kappa shape index (κ1) is 41.3. The molecule has 0 aromatic carbocycles. The first-order valence-corrected chi connectivity index (χ1v) is 15.1. The number of nitrogens with zero attached hydrogens (tertiary/aromatic N) is 1. The van der Waals surface area contributed by atoms with Crippen molar-refractivity contribution in [2.45, 2.75) is 109 Å². The lowest BCUT2D eigenvalue weighted by Crippen LogP contribution is -2.66. The van der Waals surface area contributed by atoms with Crippen molar-refractivity contribution in [1.82, 2.24) is 15.5 Å². The number of aliphatic hydroxyl groups excluding tert-OH is 3. The van der Waals surface area contributed by atoms with E-state index in [9.17, 15) is 44.1 Å². The Bertz CT molecular complexity index is 1140. The molecule has 10 N–H and O–H groups in total. The SMILES string of the molecule is C=C(C)C(=O)N[C@@H](CC(C)C)C(=O)OC[C@H]1O[C@H](O)[C@H](NC(C)=O)[C@@H](OC(C)CN(C(=O)[C@@H](N)CO)[C@@H](CCC(=O)O)C(N)=O)[C@@H]1O. The van der Waals surface area contributed by atoms with Gasteiger partial charge >= 0.3 is 11.9 Å². The molecule has 1 aliphatic rings. The first-order valence-electron chi connectivity index (χ1n) is 15.1. The molecule has 47 heavy (non-hydrogen) atoms. The van der Waals surface area contributed by atoms with Crippen molar-refractivity contribution in [3.8, 4) is 0 Å². The Morgan fingerprint density at radius 1 is 1.09 bits per heavy atom. The Morgan fingerprint density at radius 2 is 1.70 bits per heavy atom. The molecule has 18 nitrogen and oxygen atoms in total. The number of nitrogens with one attached hydrogen (secondary N) is 2. The van der Waals surface area contributed by atoms with Crippen molar-refractivity contribution in [3.63, 3.8) is 0 Å². The highest BCUT2D eigenvalue weighted by Gasteiger charge is 2.47. The fourth-order valence-corrected chi connectivity index (χ4v) is 4.82. The molecule has 4 amide bonds. The van der Waals surface area contributed by atoms with Gasteiger partial charge < -0.3 is 61.6 Å². The summed E-state index contributed by atoms with van der Waals surface area (Å²) >= 11 is 0. The molecule has 268 valence electrons. The number of primary amides is 1. The lowest BCUT2D eigenvalue weighted by atomic mass is 9.96. The van der Waals surface area contributed by atoms with Crippen LogP contribution in [0.3, 0.4) is 0 Å². The van der Waals surface area contributed by atoms with E-state index in [1.165, 1.54) is 13.8 Å². The molecule has 1 fully saturated rings. The van der Waals surface area contributed by atoms with Crippen molar-refractivity contribution in [2.75, 3.05) is 19.8 Å². The van der Waals surface area contributed by atoms with Crippen LogP contribution in [0.4, 0.5) is 0 Å². The number of hydrogen-bond donors (Lipinski definition) is 8. The normalized spacial score (nSPS) is 23.5. The van der Waals surface area contributed by atoms with Crippen LogP contribution in [0.5, 0.6) is 0 Å². The summed E-state index contributed by atoms with van der Waals surface area (Å²) in [6.07, 6.45) is -8.11. The van der Waals surface area contributed by atoms with Crippen molar-refractivity contribution < 1.29 is 63.4 Å². The molecule has 0 spiro atoms. The lowest BCUT2D eigenvalue weighted by Gasteiger charge is -2.44. The van der Waals surface area contributed by atoms with Crippen LogP contribution in [-0.2, 0) is 43.0 Å². The molecule has 9 atom stereocenters. The number of hydrogen-bond acceptors (Lipinski definition) is 13. The standard InChI is InChI=1S/C29H49N5O13/c1-13(2)9-18(33-26(41)14(3)4)28(43)45-12-20-23(39)24(22(29(44)47-20)32-16(6)36)46-15(5)10-34(27(42)17(30)11-35)19(25(31)40)7-8-21(37)38/h13,15,17-20,22-24,29,35,39,44H,3,7-12,30H2,1-2,4-6H3,(H2,31,40)(H,32,36)(H,33,41)(H,37,38)/t15?,17-,18-,19-,20+,22+,23+,24+,29-/m0/s1. The maximum atomic E-state index is 13.0. The summed E-state index contributed by atoms with van der Waals surface area (Å²) in [4.78, 5) is 74.4. The molecule has 0 bridgehead atoms. The van der Waals surface area contributed by atoms with Gasteiger partial charge in [-0.1, -0.05) is 20.4 Å². The Hall–Kier alpha value is -3.68. The Kier molecular flexibility index (Phi) is 16.9. The van der Waals surface area contributed by atoms with Crippen molar-refractivity contribution in [1.29, 1.82) is 0 Å². The fraction of sp³-hybridized carbons (Fsp3) is 0.724. The zero-order chi connectivity index (χ0) is 36.2. The highest BCUT2D eigenvalue weighted by molar-refractivity contribution is 5.95. The van der Waals surface area contributed by atoms with E-state index in [2.05, 4.69) is 17.2 Å². The average Bonchev–Trinajstić information content (AvgIpc) is 2.97. The van der Waals surface area contributed by atoms with Gasteiger partial charge in [0.25, 0.3) is 0 Å². The van der Waals surface area contributed by atoms with Gasteiger partial charge in [0.1, 0.15) is 49.1 Å². The Morgan fingerprint density at radius 3 is 2.19 bits per heavy atom. The van der Waals surface area contributed by atoms with Crippen molar-refractivity contribution in [2.24, 2.45) is 17.4 Å².